The van der Waals surface area contributed by atoms with Crippen molar-refractivity contribution in [2.75, 3.05) is 32.8 Å². The summed E-state index contributed by atoms with van der Waals surface area (Å²) in [6, 6.07) is 7.47. The monoisotopic (exact) mass is 374 g/mol. The predicted molar refractivity (Wildman–Crippen MR) is 99.7 cm³/mol. The summed E-state index contributed by atoms with van der Waals surface area (Å²) in [6.45, 7) is 9.45. The lowest BCUT2D eigenvalue weighted by atomic mass is 10.1. The Bertz CT molecular complexity index is 754. The fraction of sp³-hybridized carbons (Fsp3) is 0.526. The normalized spacial score (nSPS) is 20.4. The molecule has 0 radical (unpaired) electrons. The molecular formula is C19H26N4O4. The van der Waals surface area contributed by atoms with E-state index in [-0.39, 0.29) is 24.5 Å². The van der Waals surface area contributed by atoms with Crippen LogP contribution in [0, 0.1) is 0 Å². The van der Waals surface area contributed by atoms with E-state index >= 15 is 0 Å². The molecule has 0 saturated carbocycles. The van der Waals surface area contributed by atoms with Gasteiger partial charge in [-0.15, -0.1) is 5.10 Å². The van der Waals surface area contributed by atoms with Crippen molar-refractivity contribution in [1.29, 1.82) is 0 Å². The molecule has 1 N–H and O–H groups in total. The second-order valence-electron chi connectivity index (χ2n) is 6.63. The van der Waals surface area contributed by atoms with Crippen molar-refractivity contribution in [3.63, 3.8) is 0 Å². The molecule has 2 atom stereocenters. The summed E-state index contributed by atoms with van der Waals surface area (Å²) in [5.41, 5.74) is 1.37. The average Bonchev–Trinajstić information content (AvgIpc) is 3.11. The third kappa shape index (κ3) is 5.05. The van der Waals surface area contributed by atoms with Gasteiger partial charge in [0.05, 0.1) is 18.8 Å². The molecule has 1 aliphatic rings. The summed E-state index contributed by atoms with van der Waals surface area (Å²) >= 11 is 0. The number of rotatable bonds is 7. The molecule has 0 bridgehead atoms. The molecule has 2 heterocycles. The number of carbonyl (C=O) groups excluding carboxylic acids is 1. The van der Waals surface area contributed by atoms with Crippen LogP contribution < -0.4 is 4.74 Å². The van der Waals surface area contributed by atoms with Gasteiger partial charge in [0, 0.05) is 25.2 Å². The molecule has 2 aromatic rings. The molecule has 8 nitrogen and oxygen atoms in total. The van der Waals surface area contributed by atoms with Crippen molar-refractivity contribution < 1.29 is 19.0 Å². The fourth-order valence-electron chi connectivity index (χ4n) is 3.27. The van der Waals surface area contributed by atoms with Gasteiger partial charge < -0.3 is 14.2 Å². The van der Waals surface area contributed by atoms with Crippen molar-refractivity contribution >= 4 is 5.97 Å². The smallest absolute Gasteiger partial charge is 0.361 e. The zero-order valence-electron chi connectivity index (χ0n) is 16.0. The van der Waals surface area contributed by atoms with Gasteiger partial charge in [-0.2, -0.15) is 10.3 Å². The first kappa shape index (κ1) is 19.3. The zero-order chi connectivity index (χ0) is 19.2. The van der Waals surface area contributed by atoms with Crippen LogP contribution in [0.3, 0.4) is 0 Å². The topological polar surface area (TPSA) is 89.6 Å². The Morgan fingerprint density at radius 1 is 1.30 bits per heavy atom. The van der Waals surface area contributed by atoms with Crippen molar-refractivity contribution in [3.05, 3.63) is 30.0 Å². The summed E-state index contributed by atoms with van der Waals surface area (Å²) < 4.78 is 16.7. The maximum absolute atomic E-state index is 12.0. The standard InChI is InChI=1S/C19H26N4O4/c1-4-25-19(24)18-17(20-22-21-18)15-6-5-7-16(10-15)26-9-8-23-11-13(2)27-14(3)12-23/h5-7,10,13-14H,4,8-9,11-12H2,1-3H3,(H,20,21,22). The van der Waals surface area contributed by atoms with Crippen molar-refractivity contribution in [1.82, 2.24) is 20.3 Å². The number of ether oxygens (including phenoxy) is 3. The number of nitrogens with zero attached hydrogens (tertiary/aromatic N) is 3. The second-order valence-corrected chi connectivity index (χ2v) is 6.63. The molecule has 1 aromatic carbocycles. The minimum atomic E-state index is -0.497. The molecule has 27 heavy (non-hydrogen) atoms. The first-order valence-corrected chi connectivity index (χ1v) is 9.25. The minimum absolute atomic E-state index is 0.172. The highest BCUT2D eigenvalue weighted by Crippen LogP contribution is 2.24. The van der Waals surface area contributed by atoms with Gasteiger partial charge in [-0.1, -0.05) is 12.1 Å². The first-order chi connectivity index (χ1) is 13.1. The SMILES string of the molecule is CCOC(=O)c1n[nH]nc1-c1cccc(OCCN2CC(C)OC(C)C2)c1. The van der Waals surface area contributed by atoms with Crippen LogP contribution in [0.5, 0.6) is 5.75 Å². The van der Waals surface area contributed by atoms with Crippen LogP contribution in [0.15, 0.2) is 24.3 Å². The van der Waals surface area contributed by atoms with Gasteiger partial charge in [0.25, 0.3) is 0 Å². The number of aromatic amines is 1. The van der Waals surface area contributed by atoms with Gasteiger partial charge in [0.2, 0.25) is 0 Å². The summed E-state index contributed by atoms with van der Waals surface area (Å²) in [6.07, 6.45) is 0.482. The van der Waals surface area contributed by atoms with Crippen molar-refractivity contribution in [2.24, 2.45) is 0 Å². The molecule has 146 valence electrons. The van der Waals surface area contributed by atoms with Crippen LogP contribution in [0.1, 0.15) is 31.3 Å². The Labute approximate surface area is 158 Å². The Kier molecular flexibility index (Phi) is 6.41. The molecule has 1 aliphatic heterocycles. The van der Waals surface area contributed by atoms with Gasteiger partial charge in [-0.25, -0.2) is 4.79 Å². The van der Waals surface area contributed by atoms with E-state index < -0.39 is 5.97 Å². The number of aromatic nitrogens is 3. The average molecular weight is 374 g/mol. The van der Waals surface area contributed by atoms with E-state index in [9.17, 15) is 4.79 Å². The minimum Gasteiger partial charge on any atom is -0.492 e. The number of carbonyl (C=O) groups is 1. The number of nitrogens with one attached hydrogen (secondary N) is 1. The van der Waals surface area contributed by atoms with Crippen molar-refractivity contribution in [3.8, 4) is 17.0 Å². The van der Waals surface area contributed by atoms with Crippen LogP contribution in [-0.4, -0.2) is 71.3 Å². The Morgan fingerprint density at radius 3 is 2.81 bits per heavy atom. The Morgan fingerprint density at radius 2 is 2.07 bits per heavy atom. The van der Waals surface area contributed by atoms with Crippen LogP contribution in [0.4, 0.5) is 0 Å². The van der Waals surface area contributed by atoms with Crippen LogP contribution in [0.2, 0.25) is 0 Å². The van der Waals surface area contributed by atoms with Crippen LogP contribution in [-0.2, 0) is 9.47 Å². The number of benzene rings is 1. The number of hydrogen-bond donors (Lipinski definition) is 1. The predicted octanol–water partition coefficient (Wildman–Crippen LogP) is 2.14. The Hall–Kier alpha value is -2.45. The largest absolute Gasteiger partial charge is 0.492 e. The molecule has 0 amide bonds. The molecule has 8 heteroatoms. The molecular weight excluding hydrogens is 348 g/mol. The molecule has 2 unspecified atom stereocenters. The van der Waals surface area contributed by atoms with E-state index in [0.29, 0.717) is 12.3 Å². The lowest BCUT2D eigenvalue weighted by Gasteiger charge is -2.35. The summed E-state index contributed by atoms with van der Waals surface area (Å²) in [5, 5.41) is 10.5. The van der Waals surface area contributed by atoms with Crippen LogP contribution in [0.25, 0.3) is 11.3 Å². The fourth-order valence-corrected chi connectivity index (χ4v) is 3.27. The number of morpholine rings is 1. The first-order valence-electron chi connectivity index (χ1n) is 9.25. The maximum Gasteiger partial charge on any atom is 0.361 e. The van der Waals surface area contributed by atoms with Gasteiger partial charge in [0.15, 0.2) is 5.69 Å². The summed E-state index contributed by atoms with van der Waals surface area (Å²) in [4.78, 5) is 14.3. The number of esters is 1. The van der Waals surface area contributed by atoms with Crippen LogP contribution >= 0.6 is 0 Å². The quantitative estimate of drug-likeness (QED) is 0.743. The molecule has 3 rings (SSSR count). The lowest BCUT2D eigenvalue weighted by Crippen LogP contribution is -2.46. The summed E-state index contributed by atoms with van der Waals surface area (Å²) in [7, 11) is 0. The molecule has 0 aliphatic carbocycles. The lowest BCUT2D eigenvalue weighted by molar-refractivity contribution is -0.0699. The van der Waals surface area contributed by atoms with Gasteiger partial charge in [0.1, 0.15) is 18.1 Å². The molecule has 1 fully saturated rings. The highest BCUT2D eigenvalue weighted by atomic mass is 16.5. The molecule has 1 saturated heterocycles. The maximum atomic E-state index is 12.0. The third-order valence-corrected chi connectivity index (χ3v) is 4.30. The second kappa shape index (κ2) is 8.96. The highest BCUT2D eigenvalue weighted by Gasteiger charge is 2.22. The van der Waals surface area contributed by atoms with E-state index in [1.807, 2.05) is 24.3 Å². The number of hydrogen-bond acceptors (Lipinski definition) is 7. The van der Waals surface area contributed by atoms with E-state index in [2.05, 4.69) is 34.2 Å². The third-order valence-electron chi connectivity index (χ3n) is 4.30. The molecule has 1 aromatic heterocycles. The Balaban J connectivity index is 1.61. The van der Waals surface area contributed by atoms with E-state index in [1.54, 1.807) is 6.92 Å². The van der Waals surface area contributed by atoms with Gasteiger partial charge in [-0.3, -0.25) is 4.90 Å². The molecule has 0 spiro atoms. The number of H-pyrrole nitrogens is 1. The zero-order valence-corrected chi connectivity index (χ0v) is 16.0. The summed E-state index contributed by atoms with van der Waals surface area (Å²) in [5.74, 6) is 0.225. The van der Waals surface area contributed by atoms with Gasteiger partial charge in [-0.05, 0) is 32.9 Å². The highest BCUT2D eigenvalue weighted by molar-refractivity contribution is 5.93. The van der Waals surface area contributed by atoms with Crippen molar-refractivity contribution in [2.45, 2.75) is 33.0 Å². The van der Waals surface area contributed by atoms with E-state index in [0.717, 1.165) is 30.9 Å². The van der Waals surface area contributed by atoms with Gasteiger partial charge >= 0.3 is 5.97 Å². The van der Waals surface area contributed by atoms with E-state index in [1.165, 1.54) is 0 Å². The van der Waals surface area contributed by atoms with E-state index in [4.69, 9.17) is 14.2 Å².